The molecule has 3 aromatic rings. The summed E-state index contributed by atoms with van der Waals surface area (Å²) in [6.45, 7) is 2.22. The van der Waals surface area contributed by atoms with Crippen LogP contribution in [0.15, 0.2) is 39.6 Å². The highest BCUT2D eigenvalue weighted by Gasteiger charge is 2.29. The Balaban J connectivity index is 1.47. The third-order valence-electron chi connectivity index (χ3n) is 4.81. The minimum atomic E-state index is 0.108. The average Bonchev–Trinajstić information content (AvgIpc) is 3.37. The predicted octanol–water partition coefficient (Wildman–Crippen LogP) is 3.04. The molecule has 1 aliphatic heterocycles. The Morgan fingerprint density at radius 2 is 2.07 bits per heavy atom. The van der Waals surface area contributed by atoms with E-state index in [9.17, 15) is 0 Å². The quantitative estimate of drug-likeness (QED) is 0.628. The van der Waals surface area contributed by atoms with E-state index in [1.807, 2.05) is 18.2 Å². The molecule has 27 heavy (non-hydrogen) atoms. The van der Waals surface area contributed by atoms with Gasteiger partial charge in [-0.1, -0.05) is 16.7 Å². The molecule has 0 aliphatic carbocycles. The topological polar surface area (TPSA) is 90.3 Å². The molecule has 1 aliphatic rings. The number of methoxy groups -OCH3 is 1. The summed E-state index contributed by atoms with van der Waals surface area (Å²) >= 11 is 0. The summed E-state index contributed by atoms with van der Waals surface area (Å²) in [7, 11) is 1.67. The number of nitrogens with zero attached hydrogens (tertiary/aromatic N) is 5. The fourth-order valence-corrected chi connectivity index (χ4v) is 3.40. The van der Waals surface area contributed by atoms with E-state index in [0.717, 1.165) is 42.8 Å². The van der Waals surface area contributed by atoms with Crippen molar-refractivity contribution >= 4 is 0 Å². The Morgan fingerprint density at radius 1 is 1.19 bits per heavy atom. The number of likely N-dealkylation sites (tertiary alicyclic amines) is 1. The predicted molar refractivity (Wildman–Crippen MR) is 96.6 cm³/mol. The van der Waals surface area contributed by atoms with Crippen LogP contribution in [0.3, 0.4) is 0 Å². The van der Waals surface area contributed by atoms with Gasteiger partial charge in [-0.15, -0.1) is 0 Å². The molecule has 0 amide bonds. The summed E-state index contributed by atoms with van der Waals surface area (Å²) in [5.41, 5.74) is 1.82. The zero-order valence-electron chi connectivity index (χ0n) is 15.4. The third-order valence-corrected chi connectivity index (χ3v) is 4.81. The lowest BCUT2D eigenvalue weighted by Crippen LogP contribution is -2.33. The van der Waals surface area contributed by atoms with E-state index in [0.29, 0.717) is 31.3 Å². The lowest BCUT2D eigenvalue weighted by atomic mass is 10.0. The highest BCUT2D eigenvalue weighted by molar-refractivity contribution is 5.57. The Labute approximate surface area is 157 Å². The molecule has 0 saturated carbocycles. The van der Waals surface area contributed by atoms with Gasteiger partial charge >= 0.3 is 0 Å². The molecule has 1 unspecified atom stereocenters. The average molecular weight is 369 g/mol. The Hall–Kier alpha value is -2.58. The molecule has 0 N–H and O–H groups in total. The maximum atomic E-state index is 5.57. The van der Waals surface area contributed by atoms with Crippen molar-refractivity contribution in [1.29, 1.82) is 0 Å². The number of rotatable bonds is 7. The molecule has 3 aromatic heterocycles. The lowest BCUT2D eigenvalue weighted by Gasteiger charge is -2.32. The first-order chi connectivity index (χ1) is 13.3. The van der Waals surface area contributed by atoms with E-state index >= 15 is 0 Å². The molecule has 0 aromatic carbocycles. The van der Waals surface area contributed by atoms with Crippen LogP contribution >= 0.6 is 0 Å². The third kappa shape index (κ3) is 4.23. The second kappa shape index (κ2) is 8.41. The first-order valence-corrected chi connectivity index (χ1v) is 9.25. The summed E-state index contributed by atoms with van der Waals surface area (Å²) in [6.07, 6.45) is 7.45. The summed E-state index contributed by atoms with van der Waals surface area (Å²) in [5.74, 6) is 2.19. The van der Waals surface area contributed by atoms with Gasteiger partial charge in [0.25, 0.3) is 0 Å². The normalized spacial score (nSPS) is 18.0. The van der Waals surface area contributed by atoms with E-state index in [4.69, 9.17) is 13.8 Å². The van der Waals surface area contributed by atoms with Gasteiger partial charge in [0.15, 0.2) is 11.6 Å². The van der Waals surface area contributed by atoms with Crippen LogP contribution in [0, 0.1) is 0 Å². The number of aromatic nitrogens is 4. The van der Waals surface area contributed by atoms with Crippen LogP contribution in [-0.4, -0.2) is 45.4 Å². The van der Waals surface area contributed by atoms with Crippen LogP contribution in [-0.2, 0) is 17.7 Å². The molecule has 0 spiro atoms. The molecule has 4 rings (SSSR count). The maximum absolute atomic E-state index is 5.57. The highest BCUT2D eigenvalue weighted by Crippen LogP contribution is 2.31. The van der Waals surface area contributed by atoms with Crippen LogP contribution < -0.4 is 0 Å². The Bertz CT molecular complexity index is 848. The van der Waals surface area contributed by atoms with Gasteiger partial charge in [0.05, 0.1) is 19.2 Å². The van der Waals surface area contributed by atoms with Crippen molar-refractivity contribution in [3.05, 3.63) is 48.1 Å². The summed E-state index contributed by atoms with van der Waals surface area (Å²) in [6, 6.07) is 5.94. The minimum Gasteiger partial charge on any atom is -0.384 e. The van der Waals surface area contributed by atoms with Crippen LogP contribution in [0.5, 0.6) is 0 Å². The molecule has 4 heterocycles. The number of hydrogen-bond donors (Lipinski definition) is 0. The standard InChI is InChI=1S/C19H23N5O3/c1-25-11-7-18-21-19(27-23-18)17-4-2-3-10-24(17)13-15-12-16(22-26-15)14-5-8-20-9-6-14/h5-6,8-9,12,17H,2-4,7,10-11,13H2,1H3. The van der Waals surface area contributed by atoms with Crippen molar-refractivity contribution in [2.45, 2.75) is 38.3 Å². The number of piperidine rings is 1. The molecule has 8 nitrogen and oxygen atoms in total. The van der Waals surface area contributed by atoms with Gasteiger partial charge in [0.1, 0.15) is 5.69 Å². The second-order valence-electron chi connectivity index (χ2n) is 6.69. The van der Waals surface area contributed by atoms with Gasteiger partial charge in [-0.05, 0) is 31.5 Å². The van der Waals surface area contributed by atoms with Crippen LogP contribution in [0.25, 0.3) is 11.3 Å². The molecule has 1 saturated heterocycles. The smallest absolute Gasteiger partial charge is 0.244 e. The van der Waals surface area contributed by atoms with E-state index < -0.39 is 0 Å². The van der Waals surface area contributed by atoms with Crippen molar-refractivity contribution in [2.24, 2.45) is 0 Å². The van der Waals surface area contributed by atoms with Crippen LogP contribution in [0.2, 0.25) is 0 Å². The summed E-state index contributed by atoms with van der Waals surface area (Å²) in [4.78, 5) is 10.9. The van der Waals surface area contributed by atoms with Gasteiger partial charge in [-0.2, -0.15) is 4.98 Å². The fourth-order valence-electron chi connectivity index (χ4n) is 3.40. The first-order valence-electron chi connectivity index (χ1n) is 9.25. The first kappa shape index (κ1) is 17.8. The van der Waals surface area contributed by atoms with Gasteiger partial charge in [-0.25, -0.2) is 0 Å². The van der Waals surface area contributed by atoms with Crippen molar-refractivity contribution < 1.29 is 13.8 Å². The molecule has 0 radical (unpaired) electrons. The van der Waals surface area contributed by atoms with Crippen molar-refractivity contribution in [3.63, 3.8) is 0 Å². The monoisotopic (exact) mass is 369 g/mol. The van der Waals surface area contributed by atoms with E-state index in [-0.39, 0.29) is 6.04 Å². The second-order valence-corrected chi connectivity index (χ2v) is 6.69. The summed E-state index contributed by atoms with van der Waals surface area (Å²) < 4.78 is 16.2. The van der Waals surface area contributed by atoms with Crippen LogP contribution in [0.4, 0.5) is 0 Å². The molecular formula is C19H23N5O3. The van der Waals surface area contributed by atoms with Gasteiger partial charge < -0.3 is 13.8 Å². The van der Waals surface area contributed by atoms with E-state index in [2.05, 4.69) is 25.2 Å². The molecule has 8 heteroatoms. The fraction of sp³-hybridized carbons (Fsp3) is 0.474. The Kier molecular flexibility index (Phi) is 5.55. The Morgan fingerprint density at radius 3 is 2.93 bits per heavy atom. The van der Waals surface area contributed by atoms with Crippen molar-refractivity contribution in [3.8, 4) is 11.3 Å². The highest BCUT2D eigenvalue weighted by atomic mass is 16.5. The summed E-state index contributed by atoms with van der Waals surface area (Å²) in [5, 5.41) is 8.27. The largest absolute Gasteiger partial charge is 0.384 e. The van der Waals surface area contributed by atoms with Gasteiger partial charge in [0.2, 0.25) is 5.89 Å². The SMILES string of the molecule is COCCc1noc(C2CCCCN2Cc2cc(-c3ccncc3)no2)n1. The molecule has 1 fully saturated rings. The van der Waals surface area contributed by atoms with E-state index in [1.54, 1.807) is 19.5 Å². The zero-order chi connectivity index (χ0) is 18.5. The molecule has 1 atom stereocenters. The van der Waals surface area contributed by atoms with E-state index in [1.165, 1.54) is 0 Å². The number of hydrogen-bond acceptors (Lipinski definition) is 8. The van der Waals surface area contributed by atoms with Gasteiger partial charge in [-0.3, -0.25) is 9.88 Å². The lowest BCUT2D eigenvalue weighted by molar-refractivity contribution is 0.101. The molecular weight excluding hydrogens is 346 g/mol. The number of pyridine rings is 1. The molecule has 142 valence electrons. The van der Waals surface area contributed by atoms with Crippen molar-refractivity contribution in [1.82, 2.24) is 25.2 Å². The zero-order valence-corrected chi connectivity index (χ0v) is 15.4. The molecule has 0 bridgehead atoms. The maximum Gasteiger partial charge on any atom is 0.244 e. The number of ether oxygens (including phenoxy) is 1. The van der Waals surface area contributed by atoms with Crippen molar-refractivity contribution in [2.75, 3.05) is 20.3 Å². The minimum absolute atomic E-state index is 0.108. The van der Waals surface area contributed by atoms with Crippen LogP contribution in [0.1, 0.15) is 42.8 Å². The van der Waals surface area contributed by atoms with Gasteiger partial charge in [0, 0.05) is 37.6 Å².